The van der Waals surface area contributed by atoms with Gasteiger partial charge in [-0.15, -0.1) is 0 Å². The number of amides is 1. The molecule has 1 aromatic rings. The molecule has 0 spiro atoms. The molecule has 1 aromatic carbocycles. The van der Waals surface area contributed by atoms with Crippen LogP contribution in [0.4, 0.5) is 0 Å². The first-order valence-electron chi connectivity index (χ1n) is 8.97. The molecule has 126 valence electrons. The Bertz CT molecular complexity index is 485. The molecule has 2 aliphatic rings. The fourth-order valence-electron chi connectivity index (χ4n) is 3.61. The van der Waals surface area contributed by atoms with Crippen LogP contribution in [0.3, 0.4) is 0 Å². The molecule has 1 saturated carbocycles. The molecule has 1 N–H and O–H groups in total. The van der Waals surface area contributed by atoms with Crippen molar-refractivity contribution < 1.29 is 9.53 Å². The quantitative estimate of drug-likeness (QED) is 0.908. The van der Waals surface area contributed by atoms with Gasteiger partial charge in [0.1, 0.15) is 0 Å². The minimum Gasteiger partial charge on any atom is -0.374 e. The molecule has 0 radical (unpaired) electrons. The van der Waals surface area contributed by atoms with E-state index in [9.17, 15) is 4.79 Å². The molecule has 1 atom stereocenters. The van der Waals surface area contributed by atoms with E-state index in [2.05, 4.69) is 34.5 Å². The molecule has 4 heteroatoms. The van der Waals surface area contributed by atoms with Crippen LogP contribution < -0.4 is 5.32 Å². The highest BCUT2D eigenvalue weighted by Gasteiger charge is 2.24. The first-order valence-corrected chi connectivity index (χ1v) is 8.97. The van der Waals surface area contributed by atoms with Crippen molar-refractivity contribution >= 4 is 5.91 Å². The molecule has 4 nitrogen and oxygen atoms in total. The molecule has 3 rings (SSSR count). The summed E-state index contributed by atoms with van der Waals surface area (Å²) in [5.41, 5.74) is 1.33. The van der Waals surface area contributed by atoms with Crippen molar-refractivity contribution in [1.29, 1.82) is 0 Å². The summed E-state index contributed by atoms with van der Waals surface area (Å²) in [6, 6.07) is 10.5. The minimum absolute atomic E-state index is 0.111. The molecule has 2 fully saturated rings. The zero-order valence-corrected chi connectivity index (χ0v) is 13.9. The lowest BCUT2D eigenvalue weighted by Crippen LogP contribution is -2.48. The molecule has 1 aliphatic carbocycles. The van der Waals surface area contributed by atoms with Crippen molar-refractivity contribution in [2.24, 2.45) is 5.92 Å². The summed E-state index contributed by atoms with van der Waals surface area (Å²) < 4.78 is 5.83. The summed E-state index contributed by atoms with van der Waals surface area (Å²) in [6.07, 6.45) is 5.89. The third-order valence-electron chi connectivity index (χ3n) is 4.95. The molecular weight excluding hydrogens is 288 g/mol. The Balaban J connectivity index is 1.42. The van der Waals surface area contributed by atoms with Gasteiger partial charge in [0, 0.05) is 32.1 Å². The van der Waals surface area contributed by atoms with E-state index in [-0.39, 0.29) is 17.9 Å². The number of carbonyl (C=O) groups is 1. The van der Waals surface area contributed by atoms with Gasteiger partial charge in [0.15, 0.2) is 0 Å². The van der Waals surface area contributed by atoms with Crippen LogP contribution in [0.1, 0.15) is 37.7 Å². The van der Waals surface area contributed by atoms with Crippen LogP contribution in [0.5, 0.6) is 0 Å². The van der Waals surface area contributed by atoms with Gasteiger partial charge in [0.25, 0.3) is 0 Å². The van der Waals surface area contributed by atoms with Crippen molar-refractivity contribution in [3.8, 4) is 0 Å². The predicted octanol–water partition coefficient (Wildman–Crippen LogP) is 2.58. The number of hydrogen-bond acceptors (Lipinski definition) is 3. The molecule has 1 aliphatic heterocycles. The molecule has 0 bridgehead atoms. The van der Waals surface area contributed by atoms with E-state index in [1.165, 1.54) is 24.8 Å². The Morgan fingerprint density at radius 3 is 2.74 bits per heavy atom. The molecular formula is C19H28N2O2. The van der Waals surface area contributed by atoms with E-state index in [0.717, 1.165) is 39.1 Å². The van der Waals surface area contributed by atoms with Crippen molar-refractivity contribution in [1.82, 2.24) is 10.2 Å². The fourth-order valence-corrected chi connectivity index (χ4v) is 3.61. The smallest absolute Gasteiger partial charge is 0.223 e. The average Bonchev–Trinajstić information content (AvgIpc) is 2.62. The zero-order chi connectivity index (χ0) is 15.9. The highest BCUT2D eigenvalue weighted by atomic mass is 16.5. The second-order valence-electron chi connectivity index (χ2n) is 6.79. The minimum atomic E-state index is 0.111. The number of hydrogen-bond donors (Lipinski definition) is 1. The van der Waals surface area contributed by atoms with Gasteiger partial charge in [-0.25, -0.2) is 0 Å². The number of carbonyl (C=O) groups excluding carboxylic acids is 1. The number of nitrogens with zero attached hydrogens (tertiary/aromatic N) is 1. The van der Waals surface area contributed by atoms with E-state index in [4.69, 9.17) is 4.74 Å². The summed E-state index contributed by atoms with van der Waals surface area (Å²) in [7, 11) is 0. The Morgan fingerprint density at radius 1 is 1.17 bits per heavy atom. The van der Waals surface area contributed by atoms with Crippen molar-refractivity contribution in [2.75, 3.05) is 26.2 Å². The zero-order valence-electron chi connectivity index (χ0n) is 13.9. The lowest BCUT2D eigenvalue weighted by Gasteiger charge is -2.33. The molecule has 1 saturated heterocycles. The maximum absolute atomic E-state index is 12.2. The van der Waals surface area contributed by atoms with Crippen LogP contribution in [0.15, 0.2) is 30.3 Å². The first kappa shape index (κ1) is 16.5. The standard InChI is InChI=1S/C19H28N2O2/c22-19(17-9-5-2-6-10-17)20-13-18-15-21(11-12-23-18)14-16-7-3-1-4-8-16/h1,3-4,7-8,17-18H,2,5-6,9-15H2,(H,20,22)/t18-/m0/s1. The van der Waals surface area contributed by atoms with E-state index < -0.39 is 0 Å². The van der Waals surface area contributed by atoms with Crippen molar-refractivity contribution in [3.05, 3.63) is 35.9 Å². The summed E-state index contributed by atoms with van der Waals surface area (Å²) in [4.78, 5) is 14.6. The number of nitrogens with one attached hydrogen (secondary N) is 1. The monoisotopic (exact) mass is 316 g/mol. The molecule has 23 heavy (non-hydrogen) atoms. The number of benzene rings is 1. The van der Waals surface area contributed by atoms with Crippen LogP contribution >= 0.6 is 0 Å². The summed E-state index contributed by atoms with van der Waals surface area (Å²) in [5.74, 6) is 0.459. The van der Waals surface area contributed by atoms with E-state index in [1.807, 2.05) is 6.07 Å². The Kier molecular flexibility index (Phi) is 6.06. The Morgan fingerprint density at radius 2 is 1.96 bits per heavy atom. The Labute approximate surface area is 139 Å². The lowest BCUT2D eigenvalue weighted by atomic mass is 9.88. The lowest BCUT2D eigenvalue weighted by molar-refractivity contribution is -0.127. The van der Waals surface area contributed by atoms with Crippen LogP contribution in [-0.4, -0.2) is 43.2 Å². The highest BCUT2D eigenvalue weighted by molar-refractivity contribution is 5.78. The summed E-state index contributed by atoms with van der Waals surface area (Å²) in [5, 5.41) is 3.12. The molecule has 0 aromatic heterocycles. The number of ether oxygens (including phenoxy) is 1. The second kappa shape index (κ2) is 8.46. The fraction of sp³-hybridized carbons (Fsp3) is 0.632. The summed E-state index contributed by atoms with van der Waals surface area (Å²) >= 11 is 0. The van der Waals surface area contributed by atoms with Gasteiger partial charge >= 0.3 is 0 Å². The van der Waals surface area contributed by atoms with Crippen LogP contribution in [0.25, 0.3) is 0 Å². The van der Waals surface area contributed by atoms with Gasteiger partial charge in [-0.2, -0.15) is 0 Å². The van der Waals surface area contributed by atoms with Crippen LogP contribution in [-0.2, 0) is 16.1 Å². The van der Waals surface area contributed by atoms with Gasteiger partial charge < -0.3 is 10.1 Å². The van der Waals surface area contributed by atoms with E-state index >= 15 is 0 Å². The third kappa shape index (κ3) is 5.05. The summed E-state index contributed by atoms with van der Waals surface area (Å²) in [6.45, 7) is 4.19. The highest BCUT2D eigenvalue weighted by Crippen LogP contribution is 2.23. The topological polar surface area (TPSA) is 41.6 Å². The second-order valence-corrected chi connectivity index (χ2v) is 6.79. The van der Waals surface area contributed by atoms with Gasteiger partial charge in [-0.3, -0.25) is 9.69 Å². The first-order chi connectivity index (χ1) is 11.3. The SMILES string of the molecule is O=C(NC[C@H]1CN(Cc2ccccc2)CCO1)C1CCCCC1. The number of rotatable bonds is 5. The van der Waals surface area contributed by atoms with Gasteiger partial charge in [-0.1, -0.05) is 49.6 Å². The van der Waals surface area contributed by atoms with Crippen LogP contribution in [0, 0.1) is 5.92 Å². The van der Waals surface area contributed by atoms with E-state index in [1.54, 1.807) is 0 Å². The molecule has 0 unspecified atom stereocenters. The van der Waals surface area contributed by atoms with E-state index in [0.29, 0.717) is 6.54 Å². The number of morpholine rings is 1. The van der Waals surface area contributed by atoms with Crippen molar-refractivity contribution in [2.45, 2.75) is 44.8 Å². The third-order valence-corrected chi connectivity index (χ3v) is 4.95. The molecule has 1 heterocycles. The Hall–Kier alpha value is -1.39. The van der Waals surface area contributed by atoms with Crippen LogP contribution in [0.2, 0.25) is 0 Å². The van der Waals surface area contributed by atoms with Crippen molar-refractivity contribution in [3.63, 3.8) is 0 Å². The largest absolute Gasteiger partial charge is 0.374 e. The predicted molar refractivity (Wildman–Crippen MR) is 91.0 cm³/mol. The van der Waals surface area contributed by atoms with Gasteiger partial charge in [-0.05, 0) is 18.4 Å². The maximum atomic E-state index is 12.2. The van der Waals surface area contributed by atoms with Gasteiger partial charge in [0.05, 0.1) is 12.7 Å². The normalized spacial score (nSPS) is 23.6. The molecule has 1 amide bonds. The average molecular weight is 316 g/mol. The van der Waals surface area contributed by atoms with Gasteiger partial charge in [0.2, 0.25) is 5.91 Å². The maximum Gasteiger partial charge on any atom is 0.223 e.